The molecule has 4 aliphatic rings. The van der Waals surface area contributed by atoms with Gasteiger partial charge in [0.1, 0.15) is 18.3 Å². The fourth-order valence-corrected chi connectivity index (χ4v) is 7.06. The Morgan fingerprint density at radius 2 is 1.71 bits per heavy atom. The van der Waals surface area contributed by atoms with Crippen LogP contribution in [-0.2, 0) is 25.7 Å². The van der Waals surface area contributed by atoms with E-state index in [4.69, 9.17) is 0 Å². The van der Waals surface area contributed by atoms with Gasteiger partial charge in [-0.1, -0.05) is 0 Å². The molecule has 222 valence electrons. The van der Waals surface area contributed by atoms with Crippen LogP contribution in [-0.4, -0.2) is 58.1 Å². The number of aromatic nitrogens is 2. The molecule has 1 atom stereocenters. The van der Waals surface area contributed by atoms with Gasteiger partial charge in [0.15, 0.2) is 0 Å². The second-order valence-electron chi connectivity index (χ2n) is 11.7. The molecule has 0 spiro atoms. The number of nitrogens with one attached hydrogen (secondary N) is 4. The second-order valence-corrected chi connectivity index (χ2v) is 11.7. The molecular formula is C30H36N6O6. The van der Waals surface area contributed by atoms with Crippen molar-refractivity contribution in [3.63, 3.8) is 0 Å². The summed E-state index contributed by atoms with van der Waals surface area (Å²) >= 11 is 0. The first kappa shape index (κ1) is 29.2. The van der Waals surface area contributed by atoms with Gasteiger partial charge in [0.2, 0.25) is 17.6 Å². The van der Waals surface area contributed by atoms with E-state index in [1.54, 1.807) is 12.1 Å². The molecular weight excluding hydrogens is 540 g/mol. The second kappa shape index (κ2) is 12.7. The van der Waals surface area contributed by atoms with E-state index in [9.17, 15) is 28.8 Å². The molecule has 4 N–H and O–H groups in total. The number of pyridine rings is 2. The van der Waals surface area contributed by atoms with E-state index in [1.165, 1.54) is 48.8 Å². The van der Waals surface area contributed by atoms with Gasteiger partial charge >= 0.3 is 0 Å². The van der Waals surface area contributed by atoms with Crippen molar-refractivity contribution in [3.05, 3.63) is 58.8 Å². The lowest BCUT2D eigenvalue weighted by Gasteiger charge is -2.54. The van der Waals surface area contributed by atoms with Crippen LogP contribution in [0.3, 0.4) is 0 Å². The van der Waals surface area contributed by atoms with Crippen molar-refractivity contribution in [2.45, 2.75) is 63.6 Å². The highest BCUT2D eigenvalue weighted by Crippen LogP contribution is 2.53. The monoisotopic (exact) mass is 576 g/mol. The first-order chi connectivity index (χ1) is 20.2. The van der Waals surface area contributed by atoms with Crippen LogP contribution >= 0.6 is 0 Å². The highest BCUT2D eigenvalue weighted by Gasteiger charge is 2.48. The maximum atomic E-state index is 13.2. The molecule has 4 bridgehead atoms. The number of likely N-dealkylation sites (N-methyl/N-ethyl adjacent to an activating group) is 1. The lowest BCUT2D eigenvalue weighted by atomic mass is 9.54. The molecule has 4 fully saturated rings. The number of carbonyl (C=O) groups is 5. The Balaban J connectivity index is 1.24. The number of amides is 4. The van der Waals surface area contributed by atoms with E-state index in [-0.39, 0.29) is 42.6 Å². The summed E-state index contributed by atoms with van der Waals surface area (Å²) < 4.78 is 1.24. The average Bonchev–Trinajstić information content (AvgIpc) is 2.98. The van der Waals surface area contributed by atoms with Crippen LogP contribution < -0.4 is 26.8 Å². The van der Waals surface area contributed by atoms with Crippen molar-refractivity contribution >= 4 is 35.1 Å². The zero-order valence-corrected chi connectivity index (χ0v) is 23.5. The van der Waals surface area contributed by atoms with Gasteiger partial charge < -0.3 is 25.8 Å². The van der Waals surface area contributed by atoms with Gasteiger partial charge in [0, 0.05) is 38.1 Å². The van der Waals surface area contributed by atoms with E-state index in [1.807, 2.05) is 0 Å². The standard InChI is InChI=1S/C30H36N6O6/c1-31-29(41)24(37)7-6-22(33-27(39)19-4-2-8-32-15-19)28(40)34-23-5-3-9-36(30(23)42)16-25(38)35-26-20-11-17-10-18(13-20)14-21(26)12-17/h2-5,8-9,15,17-18,20-22,26H,6-7,10-14,16H2,1H3,(H,31,41)(H,33,39)(H,34,40)(H,35,38)/t17?,18?,20?,21?,22-,26?/m0/s1. The molecule has 0 saturated heterocycles. The van der Waals surface area contributed by atoms with Crippen molar-refractivity contribution in [3.8, 4) is 0 Å². The van der Waals surface area contributed by atoms with Gasteiger partial charge in [-0.25, -0.2) is 0 Å². The fraction of sp³-hybridized carbons (Fsp3) is 0.500. The summed E-state index contributed by atoms with van der Waals surface area (Å²) in [6, 6.07) is 4.93. The highest BCUT2D eigenvalue weighted by atomic mass is 16.2. The van der Waals surface area contributed by atoms with E-state index in [0.29, 0.717) is 11.8 Å². The summed E-state index contributed by atoms with van der Waals surface area (Å²) in [6.45, 7) is -0.187. The summed E-state index contributed by atoms with van der Waals surface area (Å²) in [6.07, 6.45) is 9.77. The molecule has 0 radical (unpaired) electrons. The zero-order chi connectivity index (χ0) is 29.8. The van der Waals surface area contributed by atoms with E-state index >= 15 is 0 Å². The predicted octanol–water partition coefficient (Wildman–Crippen LogP) is 1.02. The lowest BCUT2D eigenvalue weighted by Crippen LogP contribution is -2.56. The minimum Gasteiger partial charge on any atom is -0.353 e. The van der Waals surface area contributed by atoms with Gasteiger partial charge in [0.25, 0.3) is 17.4 Å². The first-order valence-corrected chi connectivity index (χ1v) is 14.5. The quantitative estimate of drug-likeness (QED) is 0.290. The first-order valence-electron chi connectivity index (χ1n) is 14.5. The van der Waals surface area contributed by atoms with E-state index in [0.717, 1.165) is 37.5 Å². The Labute approximate surface area is 243 Å². The zero-order valence-electron chi connectivity index (χ0n) is 23.5. The smallest absolute Gasteiger partial charge is 0.287 e. The third-order valence-corrected chi connectivity index (χ3v) is 8.83. The number of hydrogen-bond acceptors (Lipinski definition) is 7. The van der Waals surface area contributed by atoms with Crippen molar-refractivity contribution in [1.82, 2.24) is 25.5 Å². The van der Waals surface area contributed by atoms with Gasteiger partial charge in [0.05, 0.1) is 5.56 Å². The minimum absolute atomic E-state index is 0.0804. The molecule has 4 saturated carbocycles. The third kappa shape index (κ3) is 6.58. The normalized spacial score (nSPS) is 24.4. The summed E-state index contributed by atoms with van der Waals surface area (Å²) in [7, 11) is 1.32. The molecule has 0 aliphatic heterocycles. The van der Waals surface area contributed by atoms with Crippen LogP contribution in [0, 0.1) is 23.7 Å². The van der Waals surface area contributed by atoms with Crippen LogP contribution in [0.15, 0.2) is 47.7 Å². The SMILES string of the molecule is CNC(=O)C(=O)CC[C@H](NC(=O)c1cccnc1)C(=O)Nc1cccn(CC(=O)NC2C3CC4CC(C3)CC2C4)c1=O. The molecule has 2 aromatic rings. The van der Waals surface area contributed by atoms with Crippen LogP contribution in [0.1, 0.15) is 55.3 Å². The lowest BCUT2D eigenvalue weighted by molar-refractivity contribution is -0.137. The Hall–Kier alpha value is -4.35. The largest absolute Gasteiger partial charge is 0.353 e. The topological polar surface area (TPSA) is 168 Å². The molecule has 6 rings (SSSR count). The summed E-state index contributed by atoms with van der Waals surface area (Å²) in [5.41, 5.74) is -0.465. The number of rotatable bonds is 11. The molecule has 2 aromatic heterocycles. The van der Waals surface area contributed by atoms with Crippen molar-refractivity contribution in [2.24, 2.45) is 23.7 Å². The predicted molar refractivity (Wildman–Crippen MR) is 152 cm³/mol. The third-order valence-electron chi connectivity index (χ3n) is 8.83. The Bertz CT molecular complexity index is 1390. The number of anilines is 1. The maximum absolute atomic E-state index is 13.2. The summed E-state index contributed by atoms with van der Waals surface area (Å²) in [5, 5.41) is 10.5. The Morgan fingerprint density at radius 3 is 2.36 bits per heavy atom. The molecule has 12 heteroatoms. The number of nitrogens with zero attached hydrogens (tertiary/aromatic N) is 2. The van der Waals surface area contributed by atoms with E-state index in [2.05, 4.69) is 26.3 Å². The van der Waals surface area contributed by atoms with Gasteiger partial charge in [-0.15, -0.1) is 0 Å². The van der Waals surface area contributed by atoms with Crippen molar-refractivity contribution in [1.29, 1.82) is 0 Å². The number of ketones is 1. The fourth-order valence-electron chi connectivity index (χ4n) is 7.06. The Morgan fingerprint density at radius 1 is 1.00 bits per heavy atom. The van der Waals surface area contributed by atoms with E-state index < -0.39 is 35.1 Å². The molecule has 12 nitrogen and oxygen atoms in total. The minimum atomic E-state index is -1.24. The molecule has 2 heterocycles. The highest BCUT2D eigenvalue weighted by molar-refractivity contribution is 6.36. The molecule has 4 aliphatic carbocycles. The maximum Gasteiger partial charge on any atom is 0.287 e. The molecule has 0 unspecified atom stereocenters. The van der Waals surface area contributed by atoms with Crippen LogP contribution in [0.2, 0.25) is 0 Å². The van der Waals surface area contributed by atoms with Crippen LogP contribution in [0.25, 0.3) is 0 Å². The van der Waals surface area contributed by atoms with Crippen molar-refractivity contribution < 1.29 is 24.0 Å². The number of hydrogen-bond donors (Lipinski definition) is 4. The summed E-state index contributed by atoms with van der Waals surface area (Å²) in [5.74, 6) is -0.598. The molecule has 4 amide bonds. The number of Topliss-reactive ketones (excluding diaryl/α,β-unsaturated/α-hetero) is 1. The summed E-state index contributed by atoms with van der Waals surface area (Å²) in [4.78, 5) is 79.8. The van der Waals surface area contributed by atoms with Gasteiger partial charge in [-0.05, 0) is 86.5 Å². The van der Waals surface area contributed by atoms with Gasteiger partial charge in [-0.2, -0.15) is 0 Å². The number of carbonyl (C=O) groups excluding carboxylic acids is 5. The van der Waals surface area contributed by atoms with Gasteiger partial charge in [-0.3, -0.25) is 33.8 Å². The van der Waals surface area contributed by atoms with Crippen LogP contribution in [0.4, 0.5) is 5.69 Å². The molecule has 42 heavy (non-hydrogen) atoms. The van der Waals surface area contributed by atoms with Crippen molar-refractivity contribution in [2.75, 3.05) is 12.4 Å². The van der Waals surface area contributed by atoms with Crippen LogP contribution in [0.5, 0.6) is 0 Å². The Kier molecular flexibility index (Phi) is 8.79. The molecule has 0 aromatic carbocycles. The average molecular weight is 577 g/mol.